The number of nitrogens with zero attached hydrogens (tertiary/aromatic N) is 5. The van der Waals surface area contributed by atoms with Crippen molar-refractivity contribution in [2.75, 3.05) is 46.8 Å². The van der Waals surface area contributed by atoms with Gasteiger partial charge in [-0.3, -0.25) is 10.9 Å². The van der Waals surface area contributed by atoms with Crippen molar-refractivity contribution in [2.45, 2.75) is 43.9 Å². The van der Waals surface area contributed by atoms with Gasteiger partial charge in [0.1, 0.15) is 0 Å². The van der Waals surface area contributed by atoms with Gasteiger partial charge in [0, 0.05) is 50.3 Å². The minimum Gasteiger partial charge on any atom is -0.338 e. The number of hydrogen-bond acceptors (Lipinski definition) is 11. The third-order valence-corrected chi connectivity index (χ3v) is 5.54. The van der Waals surface area contributed by atoms with Crippen LogP contribution in [0.4, 0.5) is 23.5 Å². The van der Waals surface area contributed by atoms with Crippen LogP contribution >= 0.6 is 0 Å². The predicted octanol–water partition coefficient (Wildman–Crippen LogP) is -0.652. The molecule has 0 radical (unpaired) electrons. The second-order valence-electron chi connectivity index (χ2n) is 8.70. The lowest BCUT2D eigenvalue weighted by molar-refractivity contribution is 0.441. The van der Waals surface area contributed by atoms with Crippen molar-refractivity contribution in [3.05, 3.63) is 29.8 Å². The Hall–Kier alpha value is -2.73. The molecule has 2 saturated heterocycles. The molecule has 168 valence electrons. The summed E-state index contributed by atoms with van der Waals surface area (Å²) in [6.45, 7) is 4.60. The first-order valence-electron chi connectivity index (χ1n) is 10.7. The zero-order valence-electron chi connectivity index (χ0n) is 17.9. The maximum atomic E-state index is 6.19. The highest BCUT2D eigenvalue weighted by atomic mass is 15.5. The van der Waals surface area contributed by atoms with Gasteiger partial charge < -0.3 is 32.7 Å². The average molecular weight is 428 g/mol. The zero-order valence-corrected chi connectivity index (χ0v) is 17.9. The number of hydrazine groups is 1. The Bertz CT molecular complexity index is 827. The van der Waals surface area contributed by atoms with E-state index in [-0.39, 0.29) is 24.2 Å². The SMILES string of the molecule is Cc1cccc(NNc2nc(N3CC(N)CC(N)C3)nc(N3CC(N)CC(N)C3)n2)c1. The van der Waals surface area contributed by atoms with Crippen molar-refractivity contribution in [2.24, 2.45) is 22.9 Å². The summed E-state index contributed by atoms with van der Waals surface area (Å²) in [5, 5.41) is 0. The van der Waals surface area contributed by atoms with Gasteiger partial charge in [0.2, 0.25) is 17.8 Å². The molecule has 1 aromatic heterocycles. The standard InChI is InChI=1S/C20H33N11/c1-12-3-2-4-17(5-12)28-29-18-25-19(30-8-13(21)6-14(22)9-30)27-20(26-18)31-10-15(23)7-16(24)11-31/h2-5,13-16,28H,6-11,21-24H2,1H3,(H,25,26,27,29). The average Bonchev–Trinajstić information content (AvgIpc) is 2.71. The Morgan fingerprint density at radius 2 is 1.29 bits per heavy atom. The maximum absolute atomic E-state index is 6.19. The van der Waals surface area contributed by atoms with Crippen LogP contribution in [-0.2, 0) is 0 Å². The molecule has 0 bridgehead atoms. The van der Waals surface area contributed by atoms with Crippen molar-refractivity contribution in [1.82, 2.24) is 15.0 Å². The molecule has 11 heteroatoms. The van der Waals surface area contributed by atoms with Gasteiger partial charge in [-0.15, -0.1) is 0 Å². The third kappa shape index (κ3) is 5.50. The van der Waals surface area contributed by atoms with Crippen LogP contribution in [0.2, 0.25) is 0 Å². The number of nitrogens with one attached hydrogen (secondary N) is 2. The number of rotatable bonds is 5. The number of piperidine rings is 2. The van der Waals surface area contributed by atoms with Crippen LogP contribution in [0.1, 0.15) is 18.4 Å². The minimum atomic E-state index is -0.0253. The summed E-state index contributed by atoms with van der Waals surface area (Å²) in [5.74, 6) is 1.48. The summed E-state index contributed by atoms with van der Waals surface area (Å²) in [6, 6.07) is 7.91. The van der Waals surface area contributed by atoms with Crippen LogP contribution in [0.3, 0.4) is 0 Å². The summed E-state index contributed by atoms with van der Waals surface area (Å²) in [4.78, 5) is 18.0. The third-order valence-electron chi connectivity index (χ3n) is 5.54. The van der Waals surface area contributed by atoms with E-state index in [2.05, 4.69) is 20.8 Å². The molecule has 4 rings (SSSR count). The van der Waals surface area contributed by atoms with Crippen LogP contribution in [0.25, 0.3) is 0 Å². The first-order valence-corrected chi connectivity index (χ1v) is 10.7. The van der Waals surface area contributed by atoms with E-state index in [9.17, 15) is 0 Å². The van der Waals surface area contributed by atoms with Crippen molar-refractivity contribution >= 4 is 23.5 Å². The number of anilines is 4. The fraction of sp³-hybridized carbons (Fsp3) is 0.550. The Balaban J connectivity index is 1.61. The number of aryl methyl sites for hydroxylation is 1. The van der Waals surface area contributed by atoms with E-state index in [4.69, 9.17) is 27.9 Å². The van der Waals surface area contributed by atoms with Gasteiger partial charge in [0.05, 0.1) is 5.69 Å². The molecule has 3 heterocycles. The van der Waals surface area contributed by atoms with Gasteiger partial charge in [-0.25, -0.2) is 0 Å². The maximum Gasteiger partial charge on any atom is 0.248 e. The molecular weight excluding hydrogens is 394 g/mol. The van der Waals surface area contributed by atoms with Crippen LogP contribution < -0.4 is 43.6 Å². The second-order valence-corrected chi connectivity index (χ2v) is 8.70. The highest BCUT2D eigenvalue weighted by molar-refractivity contribution is 5.52. The van der Waals surface area contributed by atoms with Crippen LogP contribution in [0.5, 0.6) is 0 Å². The Labute approximate surface area is 182 Å². The fourth-order valence-corrected chi connectivity index (χ4v) is 4.23. The predicted molar refractivity (Wildman–Crippen MR) is 124 cm³/mol. The van der Waals surface area contributed by atoms with Crippen LogP contribution in [0.15, 0.2) is 24.3 Å². The van der Waals surface area contributed by atoms with E-state index in [1.807, 2.05) is 41.0 Å². The molecule has 2 aliphatic heterocycles. The minimum absolute atomic E-state index is 0.0253. The Morgan fingerprint density at radius 1 is 0.774 bits per heavy atom. The lowest BCUT2D eigenvalue weighted by Gasteiger charge is -2.37. The van der Waals surface area contributed by atoms with Gasteiger partial charge in [-0.2, -0.15) is 15.0 Å². The molecular formula is C20H33N11. The zero-order chi connectivity index (χ0) is 22.0. The highest BCUT2D eigenvalue weighted by Gasteiger charge is 2.28. The summed E-state index contributed by atoms with van der Waals surface area (Å²) < 4.78 is 0. The molecule has 2 fully saturated rings. The number of benzene rings is 1. The van der Waals surface area contributed by atoms with Gasteiger partial charge in [-0.1, -0.05) is 12.1 Å². The largest absolute Gasteiger partial charge is 0.338 e. The first kappa shape index (κ1) is 21.5. The number of nitrogens with two attached hydrogens (primary N) is 4. The number of hydrogen-bond donors (Lipinski definition) is 6. The Morgan fingerprint density at radius 3 is 1.77 bits per heavy atom. The molecule has 2 aliphatic rings. The lowest BCUT2D eigenvalue weighted by atomic mass is 10.0. The molecule has 10 N–H and O–H groups in total. The molecule has 1 aromatic carbocycles. The van der Waals surface area contributed by atoms with E-state index in [0.717, 1.165) is 24.1 Å². The molecule has 11 nitrogen and oxygen atoms in total. The van der Waals surface area contributed by atoms with E-state index in [0.29, 0.717) is 44.0 Å². The molecule has 0 spiro atoms. The summed E-state index contributed by atoms with van der Waals surface area (Å²) in [5.41, 5.74) is 33.1. The van der Waals surface area contributed by atoms with E-state index in [1.165, 1.54) is 0 Å². The van der Waals surface area contributed by atoms with Crippen LogP contribution in [0, 0.1) is 6.92 Å². The fourth-order valence-electron chi connectivity index (χ4n) is 4.23. The first-order chi connectivity index (χ1) is 14.9. The molecule has 4 atom stereocenters. The van der Waals surface area contributed by atoms with Gasteiger partial charge >= 0.3 is 0 Å². The summed E-state index contributed by atoms with van der Waals surface area (Å²) in [6.07, 6.45) is 1.56. The van der Waals surface area contributed by atoms with Crippen LogP contribution in [-0.4, -0.2) is 65.3 Å². The van der Waals surface area contributed by atoms with Crippen molar-refractivity contribution < 1.29 is 0 Å². The highest BCUT2D eigenvalue weighted by Crippen LogP contribution is 2.22. The topological polar surface area (TPSA) is 173 Å². The smallest absolute Gasteiger partial charge is 0.248 e. The normalized spacial score (nSPS) is 26.6. The summed E-state index contributed by atoms with van der Waals surface area (Å²) in [7, 11) is 0. The lowest BCUT2D eigenvalue weighted by Crippen LogP contribution is -2.54. The molecule has 0 saturated carbocycles. The monoisotopic (exact) mass is 427 g/mol. The van der Waals surface area contributed by atoms with Crippen molar-refractivity contribution in [1.29, 1.82) is 0 Å². The van der Waals surface area contributed by atoms with Gasteiger partial charge in [-0.05, 0) is 37.5 Å². The van der Waals surface area contributed by atoms with Gasteiger partial charge in [0.15, 0.2) is 0 Å². The molecule has 2 aromatic rings. The molecule has 4 unspecified atom stereocenters. The van der Waals surface area contributed by atoms with E-state index in [1.54, 1.807) is 0 Å². The van der Waals surface area contributed by atoms with E-state index < -0.39 is 0 Å². The molecule has 0 amide bonds. The van der Waals surface area contributed by atoms with Gasteiger partial charge in [0.25, 0.3) is 0 Å². The van der Waals surface area contributed by atoms with E-state index >= 15 is 0 Å². The van der Waals surface area contributed by atoms with Crippen molar-refractivity contribution in [3.63, 3.8) is 0 Å². The molecule has 0 aliphatic carbocycles. The summed E-state index contributed by atoms with van der Waals surface area (Å²) >= 11 is 0. The quantitative estimate of drug-likeness (QED) is 0.335. The molecule has 31 heavy (non-hydrogen) atoms. The second kappa shape index (κ2) is 9.18. The van der Waals surface area contributed by atoms with Crippen molar-refractivity contribution in [3.8, 4) is 0 Å². The number of aromatic nitrogens is 3. The Kier molecular flexibility index (Phi) is 6.37.